The summed E-state index contributed by atoms with van der Waals surface area (Å²) in [5.74, 6) is 2.57. The Morgan fingerprint density at radius 2 is 1.71 bits per heavy atom. The van der Waals surface area contributed by atoms with Gasteiger partial charge in [0.25, 0.3) is 0 Å². The molecule has 1 aliphatic heterocycles. The Kier molecular flexibility index (Phi) is 4.41. The van der Waals surface area contributed by atoms with E-state index in [1.165, 1.54) is 32.1 Å². The highest BCUT2D eigenvalue weighted by Crippen LogP contribution is 2.69. The van der Waals surface area contributed by atoms with E-state index in [0.29, 0.717) is 23.4 Å². The number of allylic oxidation sites excluding steroid dienone is 2. The first-order chi connectivity index (χ1) is 13.2. The van der Waals surface area contributed by atoms with Crippen molar-refractivity contribution in [3.8, 4) is 0 Å². The summed E-state index contributed by atoms with van der Waals surface area (Å²) in [4.78, 5) is 0. The summed E-state index contributed by atoms with van der Waals surface area (Å²) < 4.78 is 19.5. The Bertz CT molecular complexity index is 644. The van der Waals surface area contributed by atoms with Crippen molar-refractivity contribution in [1.82, 2.24) is 0 Å². The first kappa shape index (κ1) is 19.6. The van der Waals surface area contributed by atoms with Crippen molar-refractivity contribution in [1.29, 1.82) is 0 Å². The van der Waals surface area contributed by atoms with Crippen molar-refractivity contribution >= 4 is 0 Å². The van der Waals surface area contributed by atoms with E-state index in [-0.39, 0.29) is 16.6 Å². The third-order valence-corrected chi connectivity index (χ3v) is 9.86. The van der Waals surface area contributed by atoms with E-state index < -0.39 is 0 Å². The maximum Gasteiger partial charge on any atom is 0.173 e. The molecule has 3 nitrogen and oxygen atoms in total. The van der Waals surface area contributed by atoms with Gasteiger partial charge < -0.3 is 14.2 Å². The van der Waals surface area contributed by atoms with Gasteiger partial charge in [-0.15, -0.1) is 0 Å². The highest BCUT2D eigenvalue weighted by molar-refractivity contribution is 5.17. The molecule has 158 valence electrons. The summed E-state index contributed by atoms with van der Waals surface area (Å²) in [6.45, 7) is 11.2. The number of hydrogen-bond acceptors (Lipinski definition) is 3. The van der Waals surface area contributed by atoms with Crippen molar-refractivity contribution in [2.75, 3.05) is 20.3 Å². The van der Waals surface area contributed by atoms with E-state index >= 15 is 0 Å². The van der Waals surface area contributed by atoms with Crippen molar-refractivity contribution < 1.29 is 14.2 Å². The summed E-state index contributed by atoms with van der Waals surface area (Å²) >= 11 is 0. The standard InChI is InChI=1S/C25H40O3/c1-22(2)15-27-25(28-16-22)13-11-19-18-10-9-17-8-6-7-12-23(17,3)21(18)20(26-5)14-24(19,25)4/h6-7,17-21H,8-16H2,1-5H3/t17-,18+,19+,20+,21-,23+,24+/m1/s1. The van der Waals surface area contributed by atoms with Gasteiger partial charge in [-0.3, -0.25) is 0 Å². The van der Waals surface area contributed by atoms with Gasteiger partial charge in [0, 0.05) is 24.4 Å². The molecule has 3 saturated carbocycles. The fraction of sp³-hybridized carbons (Fsp3) is 0.920. The Morgan fingerprint density at radius 1 is 0.964 bits per heavy atom. The molecule has 0 amide bonds. The minimum absolute atomic E-state index is 0.0685. The lowest BCUT2D eigenvalue weighted by atomic mass is 9.45. The van der Waals surface area contributed by atoms with Crippen LogP contribution in [0.4, 0.5) is 0 Å². The number of hydrogen-bond donors (Lipinski definition) is 0. The lowest BCUT2D eigenvalue weighted by Crippen LogP contribution is -2.63. The average Bonchev–Trinajstić information content (AvgIpc) is 2.95. The van der Waals surface area contributed by atoms with Gasteiger partial charge in [0.05, 0.1) is 19.3 Å². The van der Waals surface area contributed by atoms with Crippen LogP contribution in [0.1, 0.15) is 72.6 Å². The van der Waals surface area contributed by atoms with Crippen molar-refractivity contribution in [3.63, 3.8) is 0 Å². The first-order valence-corrected chi connectivity index (χ1v) is 11.7. The highest BCUT2D eigenvalue weighted by atomic mass is 16.7. The summed E-state index contributed by atoms with van der Waals surface area (Å²) in [6.07, 6.45) is 13.8. The molecule has 4 fully saturated rings. The molecule has 0 aromatic rings. The fourth-order valence-electron chi connectivity index (χ4n) is 8.29. The van der Waals surface area contributed by atoms with Crippen LogP contribution in [0.15, 0.2) is 12.2 Å². The van der Waals surface area contributed by atoms with E-state index in [0.717, 1.165) is 37.9 Å². The minimum atomic E-state index is -0.390. The predicted molar refractivity (Wildman–Crippen MR) is 111 cm³/mol. The molecule has 1 saturated heterocycles. The topological polar surface area (TPSA) is 27.7 Å². The predicted octanol–water partition coefficient (Wildman–Crippen LogP) is 5.59. The zero-order valence-corrected chi connectivity index (χ0v) is 18.6. The number of ether oxygens (including phenoxy) is 3. The summed E-state index contributed by atoms with van der Waals surface area (Å²) in [5, 5.41) is 0. The van der Waals surface area contributed by atoms with Crippen LogP contribution in [0.3, 0.4) is 0 Å². The molecular weight excluding hydrogens is 348 g/mol. The zero-order chi connectivity index (χ0) is 19.8. The summed E-state index contributed by atoms with van der Waals surface area (Å²) in [6, 6.07) is 0. The molecule has 0 radical (unpaired) electrons. The van der Waals surface area contributed by atoms with Gasteiger partial charge >= 0.3 is 0 Å². The van der Waals surface area contributed by atoms with Crippen LogP contribution in [0.5, 0.6) is 0 Å². The Labute approximate surface area is 171 Å². The number of fused-ring (bicyclic) bond motifs is 6. The van der Waals surface area contributed by atoms with Crippen LogP contribution in [0, 0.1) is 39.9 Å². The molecule has 5 rings (SSSR count). The molecule has 7 atom stereocenters. The molecular formula is C25H40O3. The molecule has 4 aliphatic carbocycles. The van der Waals surface area contributed by atoms with Crippen LogP contribution in [-0.4, -0.2) is 32.2 Å². The maximum atomic E-state index is 6.63. The fourth-order valence-corrected chi connectivity index (χ4v) is 8.29. The van der Waals surface area contributed by atoms with Crippen LogP contribution in [-0.2, 0) is 14.2 Å². The van der Waals surface area contributed by atoms with Gasteiger partial charge in [-0.2, -0.15) is 0 Å². The van der Waals surface area contributed by atoms with E-state index in [2.05, 4.69) is 39.8 Å². The molecule has 1 heterocycles. The van der Waals surface area contributed by atoms with Gasteiger partial charge in [0.2, 0.25) is 0 Å². The third kappa shape index (κ3) is 2.51. The summed E-state index contributed by atoms with van der Waals surface area (Å²) in [5.41, 5.74) is 0.586. The number of methoxy groups -OCH3 is 1. The molecule has 0 unspecified atom stereocenters. The molecule has 0 bridgehead atoms. The zero-order valence-electron chi connectivity index (χ0n) is 18.6. The van der Waals surface area contributed by atoms with E-state index in [4.69, 9.17) is 14.2 Å². The smallest absolute Gasteiger partial charge is 0.173 e. The van der Waals surface area contributed by atoms with Gasteiger partial charge in [-0.1, -0.05) is 39.8 Å². The minimum Gasteiger partial charge on any atom is -0.381 e. The average molecular weight is 389 g/mol. The highest BCUT2D eigenvalue weighted by Gasteiger charge is 2.69. The van der Waals surface area contributed by atoms with Gasteiger partial charge in [0.1, 0.15) is 0 Å². The molecule has 3 heteroatoms. The number of rotatable bonds is 1. The largest absolute Gasteiger partial charge is 0.381 e. The molecule has 0 aromatic carbocycles. The lowest BCUT2D eigenvalue weighted by molar-refractivity contribution is -0.353. The second-order valence-electron chi connectivity index (χ2n) is 11.9. The lowest BCUT2D eigenvalue weighted by Gasteiger charge is -2.63. The monoisotopic (exact) mass is 388 g/mol. The van der Waals surface area contributed by atoms with Gasteiger partial charge in [0.15, 0.2) is 5.79 Å². The Morgan fingerprint density at radius 3 is 2.43 bits per heavy atom. The van der Waals surface area contributed by atoms with Crippen LogP contribution < -0.4 is 0 Å². The molecule has 5 aliphatic rings. The van der Waals surface area contributed by atoms with Crippen molar-refractivity contribution in [2.45, 2.75) is 84.5 Å². The normalized spacial score (nSPS) is 51.4. The van der Waals surface area contributed by atoms with Crippen molar-refractivity contribution in [2.24, 2.45) is 39.9 Å². The van der Waals surface area contributed by atoms with E-state index in [1.54, 1.807) is 0 Å². The second-order valence-corrected chi connectivity index (χ2v) is 11.9. The third-order valence-electron chi connectivity index (χ3n) is 9.86. The Balaban J connectivity index is 1.50. The Hall–Kier alpha value is -0.380. The van der Waals surface area contributed by atoms with E-state index in [1.807, 2.05) is 7.11 Å². The first-order valence-electron chi connectivity index (χ1n) is 11.7. The maximum absolute atomic E-state index is 6.63. The van der Waals surface area contributed by atoms with Crippen LogP contribution in [0.25, 0.3) is 0 Å². The van der Waals surface area contributed by atoms with E-state index in [9.17, 15) is 0 Å². The second kappa shape index (κ2) is 6.31. The molecule has 0 N–H and O–H groups in total. The van der Waals surface area contributed by atoms with Crippen molar-refractivity contribution in [3.05, 3.63) is 12.2 Å². The summed E-state index contributed by atoms with van der Waals surface area (Å²) in [7, 11) is 1.95. The molecule has 0 aromatic heterocycles. The van der Waals surface area contributed by atoms with Gasteiger partial charge in [-0.05, 0) is 67.6 Å². The van der Waals surface area contributed by atoms with Gasteiger partial charge in [-0.25, -0.2) is 0 Å². The molecule has 1 spiro atoms. The quantitative estimate of drug-likeness (QED) is 0.548. The SMILES string of the molecule is CO[C@H]1C[C@@]2(C)[C@@H](CCC23OCC(C)(C)CO3)[C@@H]2CC[C@H]3CC=CC[C@]3(C)[C@H]21. The van der Waals surface area contributed by atoms with Crippen LogP contribution >= 0.6 is 0 Å². The molecule has 28 heavy (non-hydrogen) atoms. The van der Waals surface area contributed by atoms with Crippen LogP contribution in [0.2, 0.25) is 0 Å².